The van der Waals surface area contributed by atoms with E-state index in [4.69, 9.17) is 15.2 Å². The van der Waals surface area contributed by atoms with Gasteiger partial charge in [-0.05, 0) is 17.7 Å². The first-order valence-electron chi connectivity index (χ1n) is 6.20. The van der Waals surface area contributed by atoms with Crippen molar-refractivity contribution >= 4 is 11.6 Å². The van der Waals surface area contributed by atoms with Gasteiger partial charge in [0.2, 0.25) is 0 Å². The molecule has 2 aromatic rings. The number of rotatable bonds is 6. The Morgan fingerprint density at radius 3 is 2.80 bits per heavy atom. The fourth-order valence-corrected chi connectivity index (χ4v) is 1.78. The number of nitrogen functional groups attached to an aromatic ring is 1. The Kier molecular flexibility index (Phi) is 4.73. The number of anilines is 2. The molecule has 0 radical (unpaired) electrons. The molecule has 0 aliphatic carbocycles. The van der Waals surface area contributed by atoms with E-state index in [0.717, 1.165) is 11.3 Å². The molecule has 0 aliphatic heterocycles. The standard InChI is InChI=1S/C14H18N4O2/c1-19-9-14-17-12(15)7-13(18-14)16-8-10-4-3-5-11(6-10)20-2/h3-7H,8-9H2,1-2H3,(H3,15,16,17,18). The molecule has 0 saturated carbocycles. The maximum atomic E-state index is 5.74. The molecule has 6 heteroatoms. The summed E-state index contributed by atoms with van der Waals surface area (Å²) in [5, 5.41) is 3.21. The van der Waals surface area contributed by atoms with E-state index >= 15 is 0 Å². The zero-order valence-corrected chi connectivity index (χ0v) is 11.6. The molecular weight excluding hydrogens is 256 g/mol. The third-order valence-corrected chi connectivity index (χ3v) is 2.67. The highest BCUT2D eigenvalue weighted by molar-refractivity contribution is 5.45. The minimum atomic E-state index is 0.332. The van der Waals surface area contributed by atoms with Gasteiger partial charge in [0, 0.05) is 19.7 Å². The zero-order chi connectivity index (χ0) is 14.4. The van der Waals surface area contributed by atoms with Crippen LogP contribution in [0.4, 0.5) is 11.6 Å². The summed E-state index contributed by atoms with van der Waals surface area (Å²) >= 11 is 0. The van der Waals surface area contributed by atoms with Crippen LogP contribution in [0.25, 0.3) is 0 Å². The van der Waals surface area contributed by atoms with Crippen molar-refractivity contribution in [3.63, 3.8) is 0 Å². The van der Waals surface area contributed by atoms with E-state index in [2.05, 4.69) is 15.3 Å². The number of nitrogens with two attached hydrogens (primary N) is 1. The van der Waals surface area contributed by atoms with Crippen LogP contribution in [-0.2, 0) is 17.9 Å². The predicted molar refractivity (Wildman–Crippen MR) is 77.5 cm³/mol. The summed E-state index contributed by atoms with van der Waals surface area (Å²) in [5.74, 6) is 2.47. The van der Waals surface area contributed by atoms with Gasteiger partial charge >= 0.3 is 0 Å². The summed E-state index contributed by atoms with van der Waals surface area (Å²) in [6.45, 7) is 0.957. The Hall–Kier alpha value is -2.34. The van der Waals surface area contributed by atoms with Gasteiger partial charge in [-0.15, -0.1) is 0 Å². The van der Waals surface area contributed by atoms with Crippen molar-refractivity contribution in [1.82, 2.24) is 9.97 Å². The smallest absolute Gasteiger partial charge is 0.158 e. The zero-order valence-electron chi connectivity index (χ0n) is 11.6. The van der Waals surface area contributed by atoms with Crippen LogP contribution in [-0.4, -0.2) is 24.2 Å². The first-order chi connectivity index (χ1) is 9.71. The number of hydrogen-bond acceptors (Lipinski definition) is 6. The second-order valence-electron chi connectivity index (χ2n) is 4.23. The van der Waals surface area contributed by atoms with E-state index < -0.39 is 0 Å². The summed E-state index contributed by atoms with van der Waals surface area (Å²) < 4.78 is 10.2. The Morgan fingerprint density at radius 1 is 1.20 bits per heavy atom. The lowest BCUT2D eigenvalue weighted by atomic mass is 10.2. The van der Waals surface area contributed by atoms with Crippen LogP contribution < -0.4 is 15.8 Å². The Labute approximate surface area is 118 Å². The van der Waals surface area contributed by atoms with Gasteiger partial charge in [0.05, 0.1) is 7.11 Å². The Bertz CT molecular complexity index is 575. The molecule has 0 amide bonds. The lowest BCUT2D eigenvalue weighted by molar-refractivity contribution is 0.178. The lowest BCUT2D eigenvalue weighted by Gasteiger charge is -2.09. The maximum absolute atomic E-state index is 5.74. The van der Waals surface area contributed by atoms with Gasteiger partial charge in [-0.1, -0.05) is 12.1 Å². The first kappa shape index (κ1) is 14.1. The third kappa shape index (κ3) is 3.83. The summed E-state index contributed by atoms with van der Waals surface area (Å²) in [5.41, 5.74) is 6.83. The molecule has 1 aromatic carbocycles. The largest absolute Gasteiger partial charge is 0.497 e. The van der Waals surface area contributed by atoms with Crippen LogP contribution in [0.3, 0.4) is 0 Å². The minimum Gasteiger partial charge on any atom is -0.497 e. The molecule has 0 spiro atoms. The van der Waals surface area contributed by atoms with Crippen molar-refractivity contribution in [3.05, 3.63) is 41.7 Å². The molecule has 1 aromatic heterocycles. The molecule has 6 nitrogen and oxygen atoms in total. The number of aromatic nitrogens is 2. The van der Waals surface area contributed by atoms with Crippen molar-refractivity contribution in [3.8, 4) is 5.75 Å². The number of ether oxygens (including phenoxy) is 2. The molecule has 0 saturated heterocycles. The van der Waals surface area contributed by atoms with E-state index in [0.29, 0.717) is 30.6 Å². The summed E-state index contributed by atoms with van der Waals surface area (Å²) in [7, 11) is 3.24. The quantitative estimate of drug-likeness (QED) is 0.836. The molecule has 20 heavy (non-hydrogen) atoms. The number of nitrogens with zero attached hydrogens (tertiary/aromatic N) is 2. The molecule has 0 fully saturated rings. The SMILES string of the molecule is COCc1nc(N)cc(NCc2cccc(OC)c2)n1. The Balaban J connectivity index is 2.06. The predicted octanol–water partition coefficient (Wildman–Crippen LogP) is 1.83. The average Bonchev–Trinajstić information content (AvgIpc) is 2.45. The summed E-state index contributed by atoms with van der Waals surface area (Å²) in [4.78, 5) is 8.41. The molecule has 0 unspecified atom stereocenters. The highest BCUT2D eigenvalue weighted by atomic mass is 16.5. The van der Waals surface area contributed by atoms with Gasteiger partial charge in [-0.25, -0.2) is 9.97 Å². The number of benzene rings is 1. The average molecular weight is 274 g/mol. The van der Waals surface area contributed by atoms with Gasteiger partial charge in [-0.3, -0.25) is 0 Å². The lowest BCUT2D eigenvalue weighted by Crippen LogP contribution is -2.07. The van der Waals surface area contributed by atoms with E-state index in [9.17, 15) is 0 Å². The molecule has 2 rings (SSSR count). The molecular formula is C14H18N4O2. The molecule has 3 N–H and O–H groups in total. The Morgan fingerprint density at radius 2 is 2.05 bits per heavy atom. The van der Waals surface area contributed by atoms with Crippen LogP contribution in [0.5, 0.6) is 5.75 Å². The molecule has 0 bridgehead atoms. The van der Waals surface area contributed by atoms with E-state index in [1.165, 1.54) is 0 Å². The van der Waals surface area contributed by atoms with Crippen LogP contribution in [0, 0.1) is 0 Å². The van der Waals surface area contributed by atoms with E-state index in [1.807, 2.05) is 24.3 Å². The summed E-state index contributed by atoms with van der Waals surface area (Å²) in [6, 6.07) is 9.52. The second-order valence-corrected chi connectivity index (χ2v) is 4.23. The maximum Gasteiger partial charge on any atom is 0.158 e. The van der Waals surface area contributed by atoms with Crippen LogP contribution >= 0.6 is 0 Å². The van der Waals surface area contributed by atoms with Crippen LogP contribution in [0.2, 0.25) is 0 Å². The highest BCUT2D eigenvalue weighted by Crippen LogP contribution is 2.15. The fourth-order valence-electron chi connectivity index (χ4n) is 1.78. The first-order valence-corrected chi connectivity index (χ1v) is 6.20. The van der Waals surface area contributed by atoms with Gasteiger partial charge in [0.15, 0.2) is 5.82 Å². The van der Waals surface area contributed by atoms with Crippen molar-refractivity contribution in [1.29, 1.82) is 0 Å². The monoisotopic (exact) mass is 274 g/mol. The van der Waals surface area contributed by atoms with Crippen LogP contribution in [0.15, 0.2) is 30.3 Å². The number of nitrogens with one attached hydrogen (secondary N) is 1. The molecule has 1 heterocycles. The number of methoxy groups -OCH3 is 2. The minimum absolute atomic E-state index is 0.332. The molecule has 0 aliphatic rings. The van der Waals surface area contributed by atoms with Gasteiger partial charge in [0.25, 0.3) is 0 Å². The number of hydrogen-bond donors (Lipinski definition) is 2. The van der Waals surface area contributed by atoms with Gasteiger partial charge < -0.3 is 20.5 Å². The van der Waals surface area contributed by atoms with Crippen molar-refractivity contribution in [2.24, 2.45) is 0 Å². The van der Waals surface area contributed by atoms with E-state index in [1.54, 1.807) is 20.3 Å². The summed E-state index contributed by atoms with van der Waals surface area (Å²) in [6.07, 6.45) is 0. The molecule has 106 valence electrons. The molecule has 0 atom stereocenters. The van der Waals surface area contributed by atoms with E-state index in [-0.39, 0.29) is 0 Å². The highest BCUT2D eigenvalue weighted by Gasteiger charge is 2.03. The third-order valence-electron chi connectivity index (χ3n) is 2.67. The van der Waals surface area contributed by atoms with Gasteiger partial charge in [0.1, 0.15) is 24.0 Å². The topological polar surface area (TPSA) is 82.3 Å². The fraction of sp³-hybridized carbons (Fsp3) is 0.286. The second kappa shape index (κ2) is 6.72. The van der Waals surface area contributed by atoms with Gasteiger partial charge in [-0.2, -0.15) is 0 Å². The van der Waals surface area contributed by atoms with Crippen LogP contribution in [0.1, 0.15) is 11.4 Å². The van der Waals surface area contributed by atoms with Crippen molar-refractivity contribution in [2.45, 2.75) is 13.2 Å². The van der Waals surface area contributed by atoms with Crippen molar-refractivity contribution in [2.75, 3.05) is 25.3 Å². The van der Waals surface area contributed by atoms with Crippen molar-refractivity contribution < 1.29 is 9.47 Å². The normalized spacial score (nSPS) is 10.3.